The van der Waals surface area contributed by atoms with Crippen LogP contribution in [0.25, 0.3) is 0 Å². The Kier molecular flexibility index (Phi) is 4.04. The Bertz CT molecular complexity index is 768. The first-order chi connectivity index (χ1) is 9.90. The van der Waals surface area contributed by atoms with Gasteiger partial charge < -0.3 is 5.73 Å². The van der Waals surface area contributed by atoms with Gasteiger partial charge in [0.25, 0.3) is 5.12 Å². The van der Waals surface area contributed by atoms with Gasteiger partial charge in [0.1, 0.15) is 0 Å². The zero-order chi connectivity index (χ0) is 15.5. The zero-order valence-corrected chi connectivity index (χ0v) is 11.6. The summed E-state index contributed by atoms with van der Waals surface area (Å²) in [6, 6.07) is 13.1. The van der Waals surface area contributed by atoms with E-state index in [0.29, 0.717) is 0 Å². The summed E-state index contributed by atoms with van der Waals surface area (Å²) in [6.45, 7) is 0. The first-order valence-corrected chi connectivity index (χ1v) is 7.40. The fourth-order valence-corrected chi connectivity index (χ4v) is 2.62. The van der Waals surface area contributed by atoms with Crippen LogP contribution in [-0.2, 0) is 10.0 Å². The lowest BCUT2D eigenvalue weighted by Gasteiger charge is -2.07. The first kappa shape index (κ1) is 14.7. The first-order valence-electron chi connectivity index (χ1n) is 5.92. The van der Waals surface area contributed by atoms with E-state index in [-0.39, 0.29) is 16.8 Å². The Morgan fingerprint density at radius 3 is 1.95 bits per heavy atom. The molecule has 0 aromatic heterocycles. The van der Waals surface area contributed by atoms with Crippen molar-refractivity contribution in [3.05, 3.63) is 65.7 Å². The van der Waals surface area contributed by atoms with Crippen molar-refractivity contribution in [2.45, 2.75) is 0 Å². The molecule has 7 heteroatoms. The number of anilines is 1. The second-order valence-corrected chi connectivity index (χ2v) is 5.78. The van der Waals surface area contributed by atoms with Crippen LogP contribution < -0.4 is 10.5 Å². The summed E-state index contributed by atoms with van der Waals surface area (Å²) in [4.78, 5) is 22.8. The fraction of sp³-hybridized carbons (Fsp3) is 0. The van der Waals surface area contributed by atoms with E-state index < -0.39 is 21.0 Å². The Morgan fingerprint density at radius 2 is 1.43 bits per heavy atom. The van der Waals surface area contributed by atoms with Gasteiger partial charge in [-0.15, -0.1) is 0 Å². The molecular weight excluding hydrogens is 292 g/mol. The van der Waals surface area contributed by atoms with E-state index in [1.165, 1.54) is 36.4 Å². The normalized spacial score (nSPS) is 10.9. The van der Waals surface area contributed by atoms with Crippen molar-refractivity contribution in [3.63, 3.8) is 0 Å². The molecule has 0 atom stereocenters. The van der Waals surface area contributed by atoms with Crippen LogP contribution in [0.3, 0.4) is 0 Å². The number of sulfonamides is 1. The topological polar surface area (TPSA) is 106 Å². The number of nitrogens with two attached hydrogens (primary N) is 1. The molecule has 0 fully saturated rings. The molecule has 6 nitrogen and oxygen atoms in total. The van der Waals surface area contributed by atoms with Crippen molar-refractivity contribution in [3.8, 4) is 0 Å². The number of rotatable bonds is 4. The maximum absolute atomic E-state index is 12.0. The summed E-state index contributed by atoms with van der Waals surface area (Å²) in [6.07, 6.45) is 0. The molecule has 3 N–H and O–H groups in total. The van der Waals surface area contributed by atoms with E-state index in [1.54, 1.807) is 18.2 Å². The van der Waals surface area contributed by atoms with Crippen molar-refractivity contribution in [1.29, 1.82) is 0 Å². The van der Waals surface area contributed by atoms with Gasteiger partial charge in [-0.1, -0.05) is 30.3 Å². The van der Waals surface area contributed by atoms with E-state index in [9.17, 15) is 18.0 Å². The van der Waals surface area contributed by atoms with Gasteiger partial charge in [-0.2, -0.15) is 8.42 Å². The smallest absolute Gasteiger partial charge is 0.300 e. The molecule has 0 aliphatic rings. The third-order valence-electron chi connectivity index (χ3n) is 2.68. The van der Waals surface area contributed by atoms with Gasteiger partial charge in [-0.25, -0.2) is 0 Å². The van der Waals surface area contributed by atoms with Gasteiger partial charge in [0.05, 0.1) is 0 Å². The van der Waals surface area contributed by atoms with E-state index in [4.69, 9.17) is 5.73 Å². The summed E-state index contributed by atoms with van der Waals surface area (Å²) in [7, 11) is -4.20. The number of carbonyl (C=O) groups is 2. The van der Waals surface area contributed by atoms with Gasteiger partial charge in [0.2, 0.25) is 5.91 Å². The summed E-state index contributed by atoms with van der Waals surface area (Å²) < 4.78 is 26.1. The monoisotopic (exact) mass is 304 g/mol. The van der Waals surface area contributed by atoms with Crippen LogP contribution in [0.1, 0.15) is 20.7 Å². The van der Waals surface area contributed by atoms with E-state index >= 15 is 0 Å². The highest BCUT2D eigenvalue weighted by molar-refractivity contribution is 8.07. The Balaban J connectivity index is 2.21. The van der Waals surface area contributed by atoms with Crippen LogP contribution in [0, 0.1) is 0 Å². The lowest BCUT2D eigenvalue weighted by molar-refractivity contribution is 0.0999. The van der Waals surface area contributed by atoms with Crippen LogP contribution in [-0.4, -0.2) is 19.4 Å². The van der Waals surface area contributed by atoms with Crippen LogP contribution in [0.15, 0.2) is 54.6 Å². The molecule has 1 amide bonds. The molecule has 0 heterocycles. The zero-order valence-electron chi connectivity index (χ0n) is 10.8. The maximum atomic E-state index is 12.0. The molecule has 0 radical (unpaired) electrons. The predicted octanol–water partition coefficient (Wildman–Crippen LogP) is 1.37. The standard InChI is InChI=1S/C14H12N2O4S/c15-13(17)10-6-8-12(9-7-10)16-21(19,20)14(18)11-4-2-1-3-5-11/h1-9,16H,(H2,15,17). The largest absolute Gasteiger partial charge is 0.366 e. The quantitative estimate of drug-likeness (QED) is 0.889. The second kappa shape index (κ2) is 5.76. The summed E-state index contributed by atoms with van der Waals surface area (Å²) in [5, 5.41) is -1.03. The number of nitrogens with one attached hydrogen (secondary N) is 1. The van der Waals surface area contributed by atoms with Crippen LogP contribution in [0.5, 0.6) is 0 Å². The summed E-state index contributed by atoms with van der Waals surface area (Å²) in [5.74, 6) is -0.621. The summed E-state index contributed by atoms with van der Waals surface area (Å²) >= 11 is 0. The Hall–Kier alpha value is -2.67. The maximum Gasteiger partial charge on any atom is 0.300 e. The van der Waals surface area contributed by atoms with Crippen LogP contribution >= 0.6 is 0 Å². The number of carbonyl (C=O) groups excluding carboxylic acids is 2. The van der Waals surface area contributed by atoms with E-state index in [1.807, 2.05) is 0 Å². The van der Waals surface area contributed by atoms with E-state index in [0.717, 1.165) is 0 Å². The SMILES string of the molecule is NC(=O)c1ccc(NS(=O)(=O)C(=O)c2ccccc2)cc1. The highest BCUT2D eigenvalue weighted by Crippen LogP contribution is 2.14. The van der Waals surface area contributed by atoms with Gasteiger partial charge in [0, 0.05) is 16.8 Å². The Morgan fingerprint density at radius 1 is 0.857 bits per heavy atom. The lowest BCUT2D eigenvalue weighted by Crippen LogP contribution is -2.23. The van der Waals surface area contributed by atoms with Gasteiger partial charge in [-0.3, -0.25) is 14.3 Å². The summed E-state index contributed by atoms with van der Waals surface area (Å²) in [5.41, 5.74) is 5.57. The molecule has 2 aromatic carbocycles. The van der Waals surface area contributed by atoms with Gasteiger partial charge in [-0.05, 0) is 24.3 Å². The lowest BCUT2D eigenvalue weighted by atomic mass is 10.2. The molecule has 2 rings (SSSR count). The molecule has 0 aliphatic carbocycles. The van der Waals surface area contributed by atoms with Crippen molar-refractivity contribution in [2.24, 2.45) is 5.73 Å². The van der Waals surface area contributed by atoms with Gasteiger partial charge >= 0.3 is 10.0 Å². The molecule has 0 spiro atoms. The molecule has 0 saturated heterocycles. The number of hydrogen-bond acceptors (Lipinski definition) is 4. The third-order valence-corrected chi connectivity index (χ3v) is 3.90. The van der Waals surface area contributed by atoms with Crippen LogP contribution in [0.2, 0.25) is 0 Å². The second-order valence-electron chi connectivity index (χ2n) is 4.20. The van der Waals surface area contributed by atoms with Crippen molar-refractivity contribution >= 4 is 26.7 Å². The fourth-order valence-electron chi connectivity index (χ4n) is 1.63. The van der Waals surface area contributed by atoms with Crippen LogP contribution in [0.4, 0.5) is 5.69 Å². The molecule has 0 aliphatic heterocycles. The minimum absolute atomic E-state index is 0.0683. The molecule has 0 bridgehead atoms. The minimum atomic E-state index is -4.20. The molecule has 0 unspecified atom stereocenters. The third kappa shape index (κ3) is 3.46. The van der Waals surface area contributed by atoms with E-state index in [2.05, 4.69) is 4.72 Å². The predicted molar refractivity (Wildman–Crippen MR) is 78.3 cm³/mol. The Labute approximate surface area is 121 Å². The minimum Gasteiger partial charge on any atom is -0.366 e. The number of hydrogen-bond donors (Lipinski definition) is 2. The highest BCUT2D eigenvalue weighted by Gasteiger charge is 2.23. The van der Waals surface area contributed by atoms with Crippen molar-refractivity contribution in [2.75, 3.05) is 4.72 Å². The number of benzene rings is 2. The highest BCUT2D eigenvalue weighted by atomic mass is 32.2. The number of amides is 1. The van der Waals surface area contributed by atoms with Crippen molar-refractivity contribution < 1.29 is 18.0 Å². The molecule has 21 heavy (non-hydrogen) atoms. The molecule has 2 aromatic rings. The van der Waals surface area contributed by atoms with Gasteiger partial charge in [0.15, 0.2) is 0 Å². The molecular formula is C14H12N2O4S. The average molecular weight is 304 g/mol. The van der Waals surface area contributed by atoms with Crippen molar-refractivity contribution in [1.82, 2.24) is 0 Å². The average Bonchev–Trinajstić information content (AvgIpc) is 2.47. The molecule has 108 valence electrons. The number of primary amides is 1. The molecule has 0 saturated carbocycles.